The number of rotatable bonds is 8. The van der Waals surface area contributed by atoms with E-state index in [-0.39, 0.29) is 30.1 Å². The number of thiophene rings is 1. The number of nitrogens with zero attached hydrogens (tertiary/aromatic N) is 1. The summed E-state index contributed by atoms with van der Waals surface area (Å²) >= 11 is 1.62. The van der Waals surface area contributed by atoms with E-state index in [1.165, 1.54) is 0 Å². The minimum atomic E-state index is -0.536. The van der Waals surface area contributed by atoms with Gasteiger partial charge in [-0.1, -0.05) is 0 Å². The minimum absolute atomic E-state index is 0.0113. The third-order valence-electron chi connectivity index (χ3n) is 4.48. The molecule has 1 amide bonds. The van der Waals surface area contributed by atoms with E-state index in [0.29, 0.717) is 18.7 Å². The van der Waals surface area contributed by atoms with Crippen molar-refractivity contribution in [3.05, 3.63) is 58.8 Å². The SMILES string of the molecule is CCO[C@@H]1OC(C(=O)Nc2cccnc2)=C[C@H](c2ccsc2)[C@@H]1CCCO. The van der Waals surface area contributed by atoms with Gasteiger partial charge in [-0.2, -0.15) is 11.3 Å². The van der Waals surface area contributed by atoms with Crippen molar-refractivity contribution in [2.75, 3.05) is 18.5 Å². The monoisotopic (exact) mass is 388 g/mol. The molecule has 0 unspecified atom stereocenters. The molecule has 0 saturated heterocycles. The van der Waals surface area contributed by atoms with Crippen molar-refractivity contribution in [2.45, 2.75) is 32.0 Å². The van der Waals surface area contributed by atoms with Crippen molar-refractivity contribution in [1.29, 1.82) is 0 Å². The number of allylic oxidation sites excluding steroid dienone is 1. The van der Waals surface area contributed by atoms with E-state index < -0.39 is 6.29 Å². The average molecular weight is 388 g/mol. The number of aliphatic hydroxyl groups is 1. The Morgan fingerprint density at radius 1 is 1.44 bits per heavy atom. The molecular formula is C20H24N2O4S. The number of hydrogen-bond acceptors (Lipinski definition) is 6. The molecule has 144 valence electrons. The van der Waals surface area contributed by atoms with Crippen LogP contribution in [0.5, 0.6) is 0 Å². The van der Waals surface area contributed by atoms with Gasteiger partial charge in [-0.05, 0) is 60.4 Å². The lowest BCUT2D eigenvalue weighted by atomic mass is 9.81. The molecule has 0 aromatic carbocycles. The molecule has 3 heterocycles. The summed E-state index contributed by atoms with van der Waals surface area (Å²) in [4.78, 5) is 16.7. The number of pyridine rings is 1. The second-order valence-electron chi connectivity index (χ2n) is 6.28. The van der Waals surface area contributed by atoms with E-state index in [4.69, 9.17) is 9.47 Å². The van der Waals surface area contributed by atoms with Crippen molar-refractivity contribution in [3.63, 3.8) is 0 Å². The number of aromatic nitrogens is 1. The lowest BCUT2D eigenvalue weighted by Gasteiger charge is -2.36. The molecule has 0 bridgehead atoms. The van der Waals surface area contributed by atoms with Crippen LogP contribution in [0.1, 0.15) is 31.2 Å². The van der Waals surface area contributed by atoms with Crippen LogP contribution >= 0.6 is 11.3 Å². The number of nitrogens with one attached hydrogen (secondary N) is 1. The molecule has 0 aliphatic carbocycles. The lowest BCUT2D eigenvalue weighted by molar-refractivity contribution is -0.164. The van der Waals surface area contributed by atoms with Gasteiger partial charge in [-0.3, -0.25) is 9.78 Å². The predicted octanol–water partition coefficient (Wildman–Crippen LogP) is 3.53. The molecule has 2 aromatic rings. The fourth-order valence-corrected chi connectivity index (χ4v) is 3.95. The number of carbonyl (C=O) groups is 1. The van der Waals surface area contributed by atoms with Crippen LogP contribution in [0.3, 0.4) is 0 Å². The number of anilines is 1. The van der Waals surface area contributed by atoms with Crippen LogP contribution in [0, 0.1) is 5.92 Å². The van der Waals surface area contributed by atoms with Gasteiger partial charge in [0.1, 0.15) is 0 Å². The molecule has 0 spiro atoms. The van der Waals surface area contributed by atoms with Crippen molar-refractivity contribution in [1.82, 2.24) is 4.98 Å². The van der Waals surface area contributed by atoms with Crippen molar-refractivity contribution in [2.24, 2.45) is 5.92 Å². The second-order valence-corrected chi connectivity index (χ2v) is 7.06. The second kappa shape index (κ2) is 9.64. The number of hydrogen-bond donors (Lipinski definition) is 2. The van der Waals surface area contributed by atoms with Crippen molar-refractivity contribution < 1.29 is 19.4 Å². The quantitative estimate of drug-likeness (QED) is 0.723. The summed E-state index contributed by atoms with van der Waals surface area (Å²) in [6.45, 7) is 2.50. The standard InChI is InChI=1S/C20H24N2O4S/c1-2-25-20-16(6-4-9-23)17(14-7-10-27-13-14)11-18(26-20)19(24)22-15-5-3-8-21-12-15/h3,5,7-8,10-13,16-17,20,23H,2,4,6,9H2,1H3,(H,22,24)/t16-,17+,20+/m0/s1. The molecule has 27 heavy (non-hydrogen) atoms. The molecule has 0 radical (unpaired) electrons. The topological polar surface area (TPSA) is 80.7 Å². The molecule has 0 fully saturated rings. The Balaban J connectivity index is 1.87. The smallest absolute Gasteiger partial charge is 0.290 e. The molecule has 1 aliphatic rings. The van der Waals surface area contributed by atoms with Crippen LogP contribution in [0.4, 0.5) is 5.69 Å². The third kappa shape index (κ3) is 4.94. The Morgan fingerprint density at radius 3 is 3.00 bits per heavy atom. The Kier molecular flexibility index (Phi) is 6.98. The van der Waals surface area contributed by atoms with Crippen LogP contribution in [0.2, 0.25) is 0 Å². The highest BCUT2D eigenvalue weighted by atomic mass is 32.1. The Hall–Kier alpha value is -2.22. The zero-order valence-electron chi connectivity index (χ0n) is 15.2. The Bertz CT molecular complexity index is 749. The molecule has 7 heteroatoms. The van der Waals surface area contributed by atoms with Gasteiger partial charge >= 0.3 is 0 Å². The Labute approximate surface area is 162 Å². The summed E-state index contributed by atoms with van der Waals surface area (Å²) in [5.74, 6) is -0.0633. The average Bonchev–Trinajstić information content (AvgIpc) is 3.22. The van der Waals surface area contributed by atoms with Crippen molar-refractivity contribution in [3.8, 4) is 0 Å². The predicted molar refractivity (Wildman–Crippen MR) is 104 cm³/mol. The fourth-order valence-electron chi connectivity index (χ4n) is 3.24. The first-order valence-corrected chi connectivity index (χ1v) is 10.0. The fraction of sp³-hybridized carbons (Fsp3) is 0.400. The van der Waals surface area contributed by atoms with Crippen LogP contribution < -0.4 is 5.32 Å². The summed E-state index contributed by atoms with van der Waals surface area (Å²) in [6, 6.07) is 5.59. The van der Waals surface area contributed by atoms with E-state index in [1.54, 1.807) is 35.9 Å². The number of aliphatic hydroxyl groups excluding tert-OH is 1. The van der Waals surface area contributed by atoms with E-state index in [0.717, 1.165) is 12.0 Å². The van der Waals surface area contributed by atoms with Gasteiger partial charge in [-0.25, -0.2) is 0 Å². The summed E-state index contributed by atoms with van der Waals surface area (Å²) in [6.07, 6.45) is 5.97. The van der Waals surface area contributed by atoms with E-state index in [2.05, 4.69) is 21.7 Å². The van der Waals surface area contributed by atoms with Gasteiger partial charge in [0.15, 0.2) is 5.76 Å². The highest BCUT2D eigenvalue weighted by Crippen LogP contribution is 2.40. The normalized spacial score (nSPS) is 22.0. The minimum Gasteiger partial charge on any atom is -0.459 e. The highest BCUT2D eigenvalue weighted by Gasteiger charge is 2.37. The molecule has 3 atom stereocenters. The zero-order chi connectivity index (χ0) is 19.1. The van der Waals surface area contributed by atoms with E-state index in [9.17, 15) is 9.90 Å². The summed E-state index contributed by atoms with van der Waals surface area (Å²) in [7, 11) is 0. The van der Waals surface area contributed by atoms with Gasteiger partial charge in [0.2, 0.25) is 6.29 Å². The number of amides is 1. The lowest BCUT2D eigenvalue weighted by Crippen LogP contribution is -2.37. The first-order chi connectivity index (χ1) is 13.2. The van der Waals surface area contributed by atoms with Crippen LogP contribution in [-0.2, 0) is 14.3 Å². The highest BCUT2D eigenvalue weighted by molar-refractivity contribution is 7.08. The van der Waals surface area contributed by atoms with Gasteiger partial charge in [0, 0.05) is 31.2 Å². The van der Waals surface area contributed by atoms with Gasteiger partial charge in [0.05, 0.1) is 11.9 Å². The van der Waals surface area contributed by atoms with Gasteiger partial charge in [-0.15, -0.1) is 0 Å². The molecule has 6 nitrogen and oxygen atoms in total. The van der Waals surface area contributed by atoms with Crippen molar-refractivity contribution >= 4 is 22.9 Å². The first kappa shape index (κ1) is 19.5. The number of carbonyl (C=O) groups excluding carboxylic acids is 1. The molecular weight excluding hydrogens is 364 g/mol. The van der Waals surface area contributed by atoms with Crippen LogP contribution in [0.15, 0.2) is 53.2 Å². The van der Waals surface area contributed by atoms with Crippen LogP contribution in [0.25, 0.3) is 0 Å². The maximum atomic E-state index is 12.7. The van der Waals surface area contributed by atoms with Gasteiger partial charge < -0.3 is 19.9 Å². The molecule has 1 aliphatic heterocycles. The maximum absolute atomic E-state index is 12.7. The van der Waals surface area contributed by atoms with Crippen LogP contribution in [-0.4, -0.2) is 35.5 Å². The van der Waals surface area contributed by atoms with E-state index >= 15 is 0 Å². The van der Waals surface area contributed by atoms with Gasteiger partial charge in [0.25, 0.3) is 5.91 Å². The summed E-state index contributed by atoms with van der Waals surface area (Å²) in [5, 5.41) is 16.2. The summed E-state index contributed by atoms with van der Waals surface area (Å²) < 4.78 is 11.7. The summed E-state index contributed by atoms with van der Waals surface area (Å²) in [5.41, 5.74) is 1.73. The maximum Gasteiger partial charge on any atom is 0.290 e. The largest absolute Gasteiger partial charge is 0.459 e. The zero-order valence-corrected chi connectivity index (χ0v) is 16.0. The Morgan fingerprint density at radius 2 is 2.33 bits per heavy atom. The molecule has 3 rings (SSSR count). The third-order valence-corrected chi connectivity index (χ3v) is 5.18. The molecule has 0 saturated carbocycles. The molecule has 2 N–H and O–H groups in total. The number of ether oxygens (including phenoxy) is 2. The van der Waals surface area contributed by atoms with E-state index in [1.807, 2.05) is 18.4 Å². The molecule has 2 aromatic heterocycles. The first-order valence-electron chi connectivity index (χ1n) is 9.07.